The molecule has 0 radical (unpaired) electrons. The Balaban J connectivity index is 2.56. The van der Waals surface area contributed by atoms with Gasteiger partial charge in [0, 0.05) is 13.0 Å². The van der Waals surface area contributed by atoms with Crippen molar-refractivity contribution in [2.45, 2.75) is 25.9 Å². The highest BCUT2D eigenvalue weighted by Crippen LogP contribution is 2.17. The number of ether oxygens (including phenoxy) is 1. The van der Waals surface area contributed by atoms with Gasteiger partial charge in [-0.1, -0.05) is 12.1 Å². The van der Waals surface area contributed by atoms with Crippen LogP contribution in [-0.4, -0.2) is 19.1 Å². The highest BCUT2D eigenvalue weighted by atomic mass is 35.5. The van der Waals surface area contributed by atoms with Crippen molar-refractivity contribution in [2.75, 3.05) is 13.0 Å². The summed E-state index contributed by atoms with van der Waals surface area (Å²) in [5.41, 5.74) is 0.994. The molecule has 0 amide bonds. The van der Waals surface area contributed by atoms with Crippen LogP contribution in [0.5, 0.6) is 0 Å². The second kappa shape index (κ2) is 6.87. The summed E-state index contributed by atoms with van der Waals surface area (Å²) >= 11 is 5.91. The van der Waals surface area contributed by atoms with Crippen LogP contribution in [0.15, 0.2) is 24.3 Å². The zero-order valence-electron chi connectivity index (χ0n) is 9.75. The second-order valence-electron chi connectivity index (χ2n) is 4.14. The number of methoxy groups -OCH3 is 1. The lowest BCUT2D eigenvalue weighted by molar-refractivity contribution is 0.0978. The first kappa shape index (κ1) is 13.5. The maximum absolute atomic E-state index is 13.0. The molecule has 0 N–H and O–H groups in total. The average molecular weight is 245 g/mol. The molecule has 1 aromatic carbocycles. The molecule has 2 atom stereocenters. The van der Waals surface area contributed by atoms with Crippen molar-refractivity contribution in [3.05, 3.63) is 35.6 Å². The van der Waals surface area contributed by atoms with E-state index in [1.54, 1.807) is 19.2 Å². The van der Waals surface area contributed by atoms with Gasteiger partial charge >= 0.3 is 0 Å². The summed E-state index contributed by atoms with van der Waals surface area (Å²) in [4.78, 5) is 0. The Hall–Kier alpha value is -0.600. The Labute approximate surface area is 102 Å². The van der Waals surface area contributed by atoms with Crippen LogP contribution in [0.2, 0.25) is 0 Å². The summed E-state index contributed by atoms with van der Waals surface area (Å²) in [6.45, 7) is 2.02. The molecule has 0 saturated heterocycles. The third kappa shape index (κ3) is 4.50. The van der Waals surface area contributed by atoms with E-state index in [0.29, 0.717) is 11.8 Å². The van der Waals surface area contributed by atoms with E-state index in [9.17, 15) is 4.39 Å². The number of hydrogen-bond acceptors (Lipinski definition) is 1. The smallest absolute Gasteiger partial charge is 0.123 e. The van der Waals surface area contributed by atoms with E-state index in [1.807, 2.05) is 13.0 Å². The fourth-order valence-corrected chi connectivity index (χ4v) is 2.00. The molecule has 0 aliphatic carbocycles. The Morgan fingerprint density at radius 3 is 2.75 bits per heavy atom. The molecule has 0 aromatic heterocycles. The fraction of sp³-hybridized carbons (Fsp3) is 0.538. The number of rotatable bonds is 6. The lowest BCUT2D eigenvalue weighted by Crippen LogP contribution is -2.16. The zero-order valence-corrected chi connectivity index (χ0v) is 10.5. The number of hydrogen-bond donors (Lipinski definition) is 0. The lowest BCUT2D eigenvalue weighted by Gasteiger charge is -2.18. The van der Waals surface area contributed by atoms with Gasteiger partial charge in [-0.25, -0.2) is 4.39 Å². The summed E-state index contributed by atoms with van der Waals surface area (Å²) in [6.07, 6.45) is 1.89. The van der Waals surface area contributed by atoms with Crippen LogP contribution in [-0.2, 0) is 11.2 Å². The van der Waals surface area contributed by atoms with Crippen LogP contribution >= 0.6 is 11.6 Å². The first-order chi connectivity index (χ1) is 7.65. The standard InChI is InChI=1S/C13H18ClFO/c1-10(16-2)6-12(9-14)7-11-4-3-5-13(15)8-11/h3-5,8,10,12H,6-7,9H2,1-2H3. The normalized spacial score (nSPS) is 14.8. The Morgan fingerprint density at radius 2 is 2.19 bits per heavy atom. The molecule has 0 fully saturated rings. The molecule has 3 heteroatoms. The molecule has 0 aliphatic heterocycles. The molecule has 0 bridgehead atoms. The largest absolute Gasteiger partial charge is 0.382 e. The van der Waals surface area contributed by atoms with Crippen molar-refractivity contribution in [1.82, 2.24) is 0 Å². The zero-order chi connectivity index (χ0) is 12.0. The van der Waals surface area contributed by atoms with Crippen LogP contribution in [0.4, 0.5) is 4.39 Å². The molecule has 2 unspecified atom stereocenters. The van der Waals surface area contributed by atoms with Gasteiger partial charge in [-0.15, -0.1) is 11.6 Å². The van der Waals surface area contributed by atoms with E-state index in [2.05, 4.69) is 0 Å². The van der Waals surface area contributed by atoms with E-state index < -0.39 is 0 Å². The molecule has 90 valence electrons. The predicted molar refractivity (Wildman–Crippen MR) is 65.4 cm³/mol. The van der Waals surface area contributed by atoms with Crippen molar-refractivity contribution >= 4 is 11.6 Å². The number of alkyl halides is 1. The molecular weight excluding hydrogens is 227 g/mol. The first-order valence-electron chi connectivity index (χ1n) is 5.49. The van der Waals surface area contributed by atoms with Gasteiger partial charge in [0.2, 0.25) is 0 Å². The van der Waals surface area contributed by atoms with Crippen LogP contribution in [0.25, 0.3) is 0 Å². The number of halogens is 2. The van der Waals surface area contributed by atoms with Gasteiger partial charge in [-0.3, -0.25) is 0 Å². The van der Waals surface area contributed by atoms with Crippen LogP contribution in [0.3, 0.4) is 0 Å². The van der Waals surface area contributed by atoms with Crippen molar-refractivity contribution in [3.63, 3.8) is 0 Å². The van der Waals surface area contributed by atoms with Crippen molar-refractivity contribution in [3.8, 4) is 0 Å². The monoisotopic (exact) mass is 244 g/mol. The molecule has 1 rings (SSSR count). The van der Waals surface area contributed by atoms with E-state index in [1.165, 1.54) is 6.07 Å². The minimum absolute atomic E-state index is 0.189. The van der Waals surface area contributed by atoms with Gasteiger partial charge in [-0.2, -0.15) is 0 Å². The number of benzene rings is 1. The van der Waals surface area contributed by atoms with Gasteiger partial charge in [0.25, 0.3) is 0 Å². The summed E-state index contributed by atoms with van der Waals surface area (Å²) in [5.74, 6) is 0.716. The minimum atomic E-state index is -0.189. The van der Waals surface area contributed by atoms with Crippen LogP contribution < -0.4 is 0 Å². The highest BCUT2D eigenvalue weighted by Gasteiger charge is 2.13. The molecule has 1 aromatic rings. The molecule has 16 heavy (non-hydrogen) atoms. The Kier molecular flexibility index (Phi) is 5.78. The fourth-order valence-electron chi connectivity index (χ4n) is 1.76. The Bertz CT molecular complexity index is 317. The van der Waals surface area contributed by atoms with Crippen LogP contribution in [0, 0.1) is 11.7 Å². The maximum atomic E-state index is 13.0. The first-order valence-corrected chi connectivity index (χ1v) is 6.02. The molecule has 0 heterocycles. The highest BCUT2D eigenvalue weighted by molar-refractivity contribution is 6.18. The van der Waals surface area contributed by atoms with Gasteiger partial charge in [-0.05, 0) is 43.4 Å². The van der Waals surface area contributed by atoms with E-state index in [-0.39, 0.29) is 11.9 Å². The summed E-state index contributed by atoms with van der Waals surface area (Å²) in [6, 6.07) is 6.68. The summed E-state index contributed by atoms with van der Waals surface area (Å²) < 4.78 is 18.2. The third-order valence-corrected chi connectivity index (χ3v) is 3.14. The molecule has 0 spiro atoms. The molecular formula is C13H18ClFO. The summed E-state index contributed by atoms with van der Waals surface area (Å²) in [5, 5.41) is 0. The van der Waals surface area contributed by atoms with Gasteiger partial charge < -0.3 is 4.74 Å². The maximum Gasteiger partial charge on any atom is 0.123 e. The topological polar surface area (TPSA) is 9.23 Å². The molecule has 0 saturated carbocycles. The predicted octanol–water partition coefficient (Wildman–Crippen LogP) is 3.65. The SMILES string of the molecule is COC(C)CC(CCl)Cc1cccc(F)c1. The van der Waals surface area contributed by atoms with Gasteiger partial charge in [0.05, 0.1) is 6.10 Å². The quantitative estimate of drug-likeness (QED) is 0.694. The van der Waals surface area contributed by atoms with Crippen LogP contribution in [0.1, 0.15) is 18.9 Å². The minimum Gasteiger partial charge on any atom is -0.382 e. The summed E-state index contributed by atoms with van der Waals surface area (Å²) in [7, 11) is 1.69. The van der Waals surface area contributed by atoms with Crippen molar-refractivity contribution < 1.29 is 9.13 Å². The van der Waals surface area contributed by atoms with Crippen molar-refractivity contribution in [1.29, 1.82) is 0 Å². The van der Waals surface area contributed by atoms with Crippen molar-refractivity contribution in [2.24, 2.45) is 5.92 Å². The third-order valence-electron chi connectivity index (χ3n) is 2.70. The van der Waals surface area contributed by atoms with E-state index in [4.69, 9.17) is 16.3 Å². The average Bonchev–Trinajstić information content (AvgIpc) is 2.28. The molecule has 1 nitrogen and oxygen atoms in total. The van der Waals surface area contributed by atoms with Gasteiger partial charge in [0.15, 0.2) is 0 Å². The lowest BCUT2D eigenvalue weighted by atomic mass is 9.95. The second-order valence-corrected chi connectivity index (χ2v) is 4.45. The Morgan fingerprint density at radius 1 is 1.44 bits per heavy atom. The van der Waals surface area contributed by atoms with Gasteiger partial charge in [0.1, 0.15) is 5.82 Å². The molecule has 0 aliphatic rings. The van der Waals surface area contributed by atoms with E-state index >= 15 is 0 Å². The van der Waals surface area contributed by atoms with E-state index in [0.717, 1.165) is 18.4 Å².